The predicted molar refractivity (Wildman–Crippen MR) is 219 cm³/mol. The summed E-state index contributed by atoms with van der Waals surface area (Å²) in [6, 6.07) is 57.9. The lowest BCUT2D eigenvalue weighted by atomic mass is 9.68. The molecule has 252 valence electrons. The number of nitrogens with zero attached hydrogens (tertiary/aromatic N) is 1. The maximum atomic E-state index is 2.55. The Morgan fingerprint density at radius 2 is 0.922 bits per heavy atom. The fraction of sp³-hybridized carbons (Fsp3) is 0.200. The van der Waals surface area contributed by atoms with Crippen molar-refractivity contribution in [3.63, 3.8) is 0 Å². The van der Waals surface area contributed by atoms with Gasteiger partial charge in [0.25, 0.3) is 0 Å². The molecule has 0 N–H and O–H groups in total. The summed E-state index contributed by atoms with van der Waals surface area (Å²) in [4.78, 5) is 2.32. The summed E-state index contributed by atoms with van der Waals surface area (Å²) < 4.78 is 0. The lowest BCUT2D eigenvalue weighted by molar-refractivity contribution is 0.518. The molecule has 0 radical (unpaired) electrons. The summed E-state index contributed by atoms with van der Waals surface area (Å²) in [5, 5.41) is 0. The smallest absolute Gasteiger partial charge is 0.0462 e. The third-order valence-electron chi connectivity index (χ3n) is 12.0. The van der Waals surface area contributed by atoms with Crippen LogP contribution < -0.4 is 4.90 Å². The van der Waals surface area contributed by atoms with Gasteiger partial charge in [-0.05, 0) is 130 Å². The monoisotopic (exact) mass is 661 g/mol. The van der Waals surface area contributed by atoms with E-state index in [9.17, 15) is 0 Å². The number of rotatable bonds is 10. The van der Waals surface area contributed by atoms with Crippen LogP contribution in [0, 0.1) is 0 Å². The number of para-hydroxylation sites is 2. The normalized spacial score (nSPS) is 15.3. The Balaban J connectivity index is 1.25. The maximum absolute atomic E-state index is 2.55. The Labute approximate surface area is 304 Å². The van der Waals surface area contributed by atoms with Gasteiger partial charge in [0.2, 0.25) is 0 Å². The van der Waals surface area contributed by atoms with Crippen molar-refractivity contribution in [1.29, 1.82) is 0 Å². The van der Waals surface area contributed by atoms with Gasteiger partial charge in [0.05, 0.1) is 0 Å². The van der Waals surface area contributed by atoms with Crippen LogP contribution >= 0.6 is 0 Å². The van der Waals surface area contributed by atoms with Crippen LogP contribution in [0.2, 0.25) is 0 Å². The van der Waals surface area contributed by atoms with Crippen LogP contribution in [0.1, 0.15) is 92.3 Å². The molecule has 0 heterocycles. The minimum Gasteiger partial charge on any atom is -0.311 e. The summed E-state index contributed by atoms with van der Waals surface area (Å²) in [6.07, 6.45) is 6.77. The Morgan fingerprint density at radius 3 is 1.49 bits per heavy atom. The van der Waals surface area contributed by atoms with Crippen molar-refractivity contribution in [3.05, 3.63) is 197 Å². The van der Waals surface area contributed by atoms with E-state index in [4.69, 9.17) is 0 Å². The summed E-state index contributed by atoms with van der Waals surface area (Å²) in [7, 11) is 0. The van der Waals surface area contributed by atoms with Gasteiger partial charge in [-0.1, -0.05) is 143 Å². The average Bonchev–Trinajstić information content (AvgIpc) is 3.67. The molecule has 0 bridgehead atoms. The number of hydrogen-bond donors (Lipinski definition) is 0. The Bertz CT molecular complexity index is 2180. The van der Waals surface area contributed by atoms with E-state index in [0.717, 1.165) is 42.7 Å². The van der Waals surface area contributed by atoms with E-state index in [-0.39, 0.29) is 10.8 Å². The number of fused-ring (bicyclic) bond motifs is 4. The summed E-state index contributed by atoms with van der Waals surface area (Å²) in [6.45, 7) is 9.59. The second kappa shape index (κ2) is 13.4. The van der Waals surface area contributed by atoms with Gasteiger partial charge in [-0.15, -0.1) is 0 Å². The molecule has 8 rings (SSSR count). The molecule has 0 atom stereocenters. The number of anilines is 3. The van der Waals surface area contributed by atoms with Gasteiger partial charge in [-0.3, -0.25) is 0 Å². The predicted octanol–water partition coefficient (Wildman–Crippen LogP) is 13.8. The number of benzene rings is 6. The maximum Gasteiger partial charge on any atom is 0.0462 e. The Hall–Kier alpha value is -5.40. The highest BCUT2D eigenvalue weighted by Crippen LogP contribution is 2.66. The number of allylic oxidation sites excluding steroid dienone is 2. The summed E-state index contributed by atoms with van der Waals surface area (Å²) >= 11 is 0. The van der Waals surface area contributed by atoms with Crippen molar-refractivity contribution >= 4 is 39.9 Å². The van der Waals surface area contributed by atoms with Crippen molar-refractivity contribution in [3.8, 4) is 0 Å². The Morgan fingerprint density at radius 1 is 0.451 bits per heavy atom. The third kappa shape index (κ3) is 5.21. The molecule has 2 aliphatic carbocycles. The second-order valence-corrected chi connectivity index (χ2v) is 14.2. The largest absolute Gasteiger partial charge is 0.311 e. The van der Waals surface area contributed by atoms with Gasteiger partial charge in [-0.2, -0.15) is 0 Å². The molecule has 0 saturated carbocycles. The van der Waals surface area contributed by atoms with Crippen molar-refractivity contribution in [2.75, 3.05) is 4.90 Å². The van der Waals surface area contributed by atoms with E-state index in [1.165, 1.54) is 44.5 Å². The zero-order chi connectivity index (χ0) is 35.0. The zero-order valence-corrected chi connectivity index (χ0v) is 30.4. The molecule has 1 heteroatoms. The first-order valence-electron chi connectivity index (χ1n) is 18.9. The number of hydrogen-bond acceptors (Lipinski definition) is 1. The molecule has 0 aliphatic heterocycles. The molecule has 0 amide bonds. The first kappa shape index (κ1) is 32.8. The lowest BCUT2D eigenvalue weighted by Crippen LogP contribution is -2.26. The van der Waals surface area contributed by atoms with Crippen LogP contribution in [-0.4, -0.2) is 0 Å². The molecular formula is C50H47N. The van der Waals surface area contributed by atoms with Crippen molar-refractivity contribution < 1.29 is 0 Å². The Kier molecular flexibility index (Phi) is 8.60. The molecule has 2 aliphatic rings. The minimum absolute atomic E-state index is 0.00927. The van der Waals surface area contributed by atoms with E-state index in [2.05, 4.69) is 196 Å². The molecule has 6 aromatic carbocycles. The second-order valence-electron chi connectivity index (χ2n) is 14.2. The van der Waals surface area contributed by atoms with Gasteiger partial charge in [-0.25, -0.2) is 0 Å². The third-order valence-corrected chi connectivity index (χ3v) is 12.0. The molecule has 0 unspecified atom stereocenters. The van der Waals surface area contributed by atoms with Crippen molar-refractivity contribution in [2.24, 2.45) is 0 Å². The van der Waals surface area contributed by atoms with Crippen LogP contribution in [0.3, 0.4) is 0 Å². The highest BCUT2D eigenvalue weighted by molar-refractivity contribution is 6.10. The highest BCUT2D eigenvalue weighted by atomic mass is 15.1. The molecule has 6 aromatic rings. The van der Waals surface area contributed by atoms with E-state index >= 15 is 0 Å². The zero-order valence-electron chi connectivity index (χ0n) is 30.4. The van der Waals surface area contributed by atoms with Gasteiger partial charge in [0.1, 0.15) is 0 Å². The van der Waals surface area contributed by atoms with E-state index < -0.39 is 0 Å². The van der Waals surface area contributed by atoms with Gasteiger partial charge >= 0.3 is 0 Å². The van der Waals surface area contributed by atoms with Crippen molar-refractivity contribution in [1.82, 2.24) is 0 Å². The molecule has 0 saturated heterocycles. The lowest BCUT2D eigenvalue weighted by Gasteiger charge is -2.34. The van der Waals surface area contributed by atoms with E-state index in [0.29, 0.717) is 0 Å². The first-order chi connectivity index (χ1) is 25.1. The van der Waals surface area contributed by atoms with Crippen LogP contribution in [0.15, 0.2) is 158 Å². The molecule has 1 nitrogen and oxygen atoms in total. The van der Waals surface area contributed by atoms with Crippen LogP contribution in [-0.2, 0) is 10.8 Å². The van der Waals surface area contributed by atoms with Crippen molar-refractivity contribution in [2.45, 2.75) is 64.2 Å². The summed E-state index contributed by atoms with van der Waals surface area (Å²) in [5.41, 5.74) is 17.6. The average molecular weight is 662 g/mol. The molecule has 0 aromatic heterocycles. The first-order valence-corrected chi connectivity index (χ1v) is 18.9. The van der Waals surface area contributed by atoms with Gasteiger partial charge < -0.3 is 4.90 Å². The molecular weight excluding hydrogens is 615 g/mol. The topological polar surface area (TPSA) is 3.24 Å². The van der Waals surface area contributed by atoms with Crippen LogP contribution in [0.4, 0.5) is 17.1 Å². The molecule has 0 fully saturated rings. The molecule has 0 spiro atoms. The fourth-order valence-electron chi connectivity index (χ4n) is 9.38. The highest BCUT2D eigenvalue weighted by Gasteiger charge is 2.54. The quantitative estimate of drug-likeness (QED) is 0.132. The fourth-order valence-corrected chi connectivity index (χ4v) is 9.38. The van der Waals surface area contributed by atoms with Gasteiger partial charge in [0.15, 0.2) is 0 Å². The molecule has 51 heavy (non-hydrogen) atoms. The SMILES string of the molecule is CCC1(CC)C2=C(c3ccccc31)C(CC)(CC)c1cc(/C(=C/c3ccc(N(c4ccccc4)c4ccccc4)cc3)c3ccccc3)ccc12. The standard InChI is InChI=1S/C50H47N/c1-5-49(6-2)45-27-19-18-26-42(45)47-48(49)43-33-30-38(35-46(43)50(47,7-3)8-4)44(37-20-12-9-13-21-37)34-36-28-31-41(32-29-36)51(39-22-14-10-15-23-39)40-24-16-11-17-25-40/h9-35H,5-8H2,1-4H3/b44-34+. The minimum atomic E-state index is -0.00927. The van der Waals surface area contributed by atoms with E-state index in [1.807, 2.05) is 0 Å². The van der Waals surface area contributed by atoms with E-state index in [1.54, 1.807) is 11.1 Å². The summed E-state index contributed by atoms with van der Waals surface area (Å²) in [5.74, 6) is 0. The van der Waals surface area contributed by atoms with Crippen LogP contribution in [0.5, 0.6) is 0 Å². The van der Waals surface area contributed by atoms with Crippen LogP contribution in [0.25, 0.3) is 22.8 Å². The van der Waals surface area contributed by atoms with Gasteiger partial charge in [0, 0.05) is 27.9 Å².